The molecule has 6 aliphatic carbocycles. The first kappa shape index (κ1) is 37.8. The van der Waals surface area contributed by atoms with Gasteiger partial charge in [-0.3, -0.25) is 0 Å². The maximum absolute atomic E-state index is 13.4. The largest absolute Gasteiger partial charge is 0.462 e. The molecule has 8 nitrogen and oxygen atoms in total. The first-order valence-electron chi connectivity index (χ1n) is 16.6. The van der Waals surface area contributed by atoms with Gasteiger partial charge in [0.15, 0.2) is 11.5 Å². The maximum atomic E-state index is 13.4. The summed E-state index contributed by atoms with van der Waals surface area (Å²) in [6, 6.07) is 2.30. The predicted octanol–water partition coefficient (Wildman–Crippen LogP) is 10.6. The van der Waals surface area contributed by atoms with E-state index in [4.69, 9.17) is 88.6 Å². The van der Waals surface area contributed by atoms with Gasteiger partial charge in [-0.15, -0.1) is 0 Å². The molecule has 6 unspecified atom stereocenters. The topological polar surface area (TPSA) is 105 Å². The lowest BCUT2D eigenvalue weighted by Crippen LogP contribution is -2.53. The van der Waals surface area contributed by atoms with Crippen LogP contribution in [-0.4, -0.2) is 37.1 Å². The molecule has 0 radical (unpaired) electrons. The molecule has 6 atom stereocenters. The van der Waals surface area contributed by atoms with Crippen LogP contribution in [0.4, 0.5) is 0 Å². The summed E-state index contributed by atoms with van der Waals surface area (Å²) in [5, 5.41) is -1.39. The van der Waals surface area contributed by atoms with E-state index in [-0.39, 0.29) is 66.0 Å². The van der Waals surface area contributed by atoms with E-state index in [1.54, 1.807) is 0 Å². The number of hydrogen-bond acceptors (Lipinski definition) is 8. The molecule has 6 fully saturated rings. The normalized spacial score (nSPS) is 26.9. The Kier molecular flexibility index (Phi) is 10.7. The Morgan fingerprint density at radius 3 is 1.28 bits per heavy atom. The molecule has 0 amide bonds. The van der Waals surface area contributed by atoms with Crippen molar-refractivity contribution in [2.45, 2.75) is 66.2 Å². The Bertz CT molecular complexity index is 1640. The number of benzene rings is 2. The average molecular weight is 809 g/mol. The number of esters is 4. The summed E-state index contributed by atoms with van der Waals surface area (Å²) in [7, 11) is 0. The van der Waals surface area contributed by atoms with Gasteiger partial charge >= 0.3 is 23.9 Å². The van der Waals surface area contributed by atoms with Gasteiger partial charge in [0, 0.05) is 0 Å². The molecule has 0 spiro atoms. The number of fused-ring (bicyclic) bond motifs is 4. The first-order valence-corrected chi connectivity index (χ1v) is 18.8. The van der Waals surface area contributed by atoms with Crippen molar-refractivity contribution in [1.29, 1.82) is 0 Å². The van der Waals surface area contributed by atoms with Crippen molar-refractivity contribution in [2.75, 3.05) is 13.2 Å². The van der Waals surface area contributed by atoms with Crippen LogP contribution in [0.2, 0.25) is 30.1 Å². The highest BCUT2D eigenvalue weighted by atomic mass is 35.5. The van der Waals surface area contributed by atoms with Crippen molar-refractivity contribution < 1.29 is 38.1 Å². The van der Waals surface area contributed by atoms with E-state index in [1.807, 2.05) is 0 Å². The van der Waals surface area contributed by atoms with Crippen molar-refractivity contribution in [2.24, 2.45) is 46.3 Å². The van der Waals surface area contributed by atoms with Gasteiger partial charge in [-0.25, -0.2) is 19.2 Å². The fraction of sp³-hybridized carbons (Fsp3) is 0.556. The lowest BCUT2D eigenvalue weighted by Gasteiger charge is -2.60. The molecule has 270 valence electrons. The van der Waals surface area contributed by atoms with Crippen molar-refractivity contribution in [1.82, 2.24) is 0 Å². The number of halogens is 6. The van der Waals surface area contributed by atoms with Gasteiger partial charge in [0.2, 0.25) is 0 Å². The Balaban J connectivity index is 1.17. The van der Waals surface area contributed by atoms with E-state index < -0.39 is 46.5 Å². The molecular weight excluding hydrogens is 773 g/mol. The fourth-order valence-corrected chi connectivity index (χ4v) is 10.3. The fourth-order valence-electron chi connectivity index (χ4n) is 8.82. The van der Waals surface area contributed by atoms with E-state index in [1.165, 1.54) is 0 Å². The summed E-state index contributed by atoms with van der Waals surface area (Å²) in [5.41, 5.74) is -0.554. The summed E-state index contributed by atoms with van der Waals surface area (Å²) in [5.74, 6) is -3.84. The zero-order valence-corrected chi connectivity index (χ0v) is 32.3. The smallest absolute Gasteiger partial charge is 0.423 e. The third kappa shape index (κ3) is 6.71. The summed E-state index contributed by atoms with van der Waals surface area (Å²) in [6.45, 7) is 9.12. The molecule has 0 N–H and O–H groups in total. The van der Waals surface area contributed by atoms with Crippen LogP contribution in [0.5, 0.6) is 11.5 Å². The van der Waals surface area contributed by atoms with Gasteiger partial charge in [-0.05, 0) is 97.0 Å². The van der Waals surface area contributed by atoms with E-state index in [9.17, 15) is 19.2 Å². The molecule has 0 aliphatic heterocycles. The van der Waals surface area contributed by atoms with E-state index in [0.29, 0.717) is 23.7 Å². The lowest BCUT2D eigenvalue weighted by molar-refractivity contribution is -0.156. The minimum absolute atomic E-state index is 0.105. The highest BCUT2D eigenvalue weighted by molar-refractivity contribution is 6.47. The lowest BCUT2D eigenvalue weighted by atomic mass is 9.46. The van der Waals surface area contributed by atoms with Gasteiger partial charge < -0.3 is 18.9 Å². The van der Waals surface area contributed by atoms with Crippen LogP contribution < -0.4 is 9.47 Å². The van der Waals surface area contributed by atoms with Crippen LogP contribution in [0.3, 0.4) is 0 Å². The molecule has 0 heterocycles. The highest BCUT2D eigenvalue weighted by Crippen LogP contribution is 2.62. The maximum Gasteiger partial charge on any atom is 0.423 e. The minimum Gasteiger partial charge on any atom is -0.462 e. The van der Waals surface area contributed by atoms with Crippen LogP contribution in [0, 0.1) is 46.3 Å². The molecule has 14 heteroatoms. The quantitative estimate of drug-likeness (QED) is 0.112. The zero-order chi connectivity index (χ0) is 36.4. The Labute approximate surface area is 320 Å². The van der Waals surface area contributed by atoms with Crippen molar-refractivity contribution >= 4 is 93.5 Å². The molecule has 4 bridgehead atoms. The number of rotatable bonds is 8. The molecule has 50 heavy (non-hydrogen) atoms. The van der Waals surface area contributed by atoms with Crippen molar-refractivity contribution in [3.05, 3.63) is 53.4 Å². The third-order valence-electron chi connectivity index (χ3n) is 12.1. The number of carbonyl (C=O) groups excluding carboxylic acids is 4. The Morgan fingerprint density at radius 2 is 0.960 bits per heavy atom. The van der Waals surface area contributed by atoms with Gasteiger partial charge in [-0.1, -0.05) is 97.3 Å². The molecule has 2 aromatic carbocycles. The second-order valence-corrected chi connectivity index (χ2v) is 17.5. The molecule has 6 aliphatic rings. The molecule has 6 saturated carbocycles. The molecule has 0 aromatic heterocycles. The van der Waals surface area contributed by atoms with Crippen LogP contribution in [0.25, 0.3) is 0 Å². The minimum atomic E-state index is -1.63. The number of ether oxygens (including phenoxy) is 4. The Hall–Kier alpha value is -1.94. The van der Waals surface area contributed by atoms with E-state index >= 15 is 0 Å². The zero-order valence-electron chi connectivity index (χ0n) is 27.8. The Morgan fingerprint density at radius 1 is 0.600 bits per heavy atom. The van der Waals surface area contributed by atoms with Gasteiger partial charge in [0.1, 0.15) is 11.1 Å². The second kappa shape index (κ2) is 14.1. The SMILES string of the molecule is CC1(C)C2CCC(COC(=O)c3c(Cl)c(Cl)cc(Cl)c3OC(=O)C(=O)Oc3c(Cl)cc(Cl)c(Cl)c3C(=O)OCC3CCC4CC3C4(C)C)C1C2. The van der Waals surface area contributed by atoms with Crippen LogP contribution in [-0.2, 0) is 19.1 Å². The predicted molar refractivity (Wildman–Crippen MR) is 191 cm³/mol. The average Bonchev–Trinajstić information content (AvgIpc) is 3.07. The van der Waals surface area contributed by atoms with Crippen molar-refractivity contribution in [3.63, 3.8) is 0 Å². The van der Waals surface area contributed by atoms with Gasteiger partial charge in [0.25, 0.3) is 0 Å². The van der Waals surface area contributed by atoms with Gasteiger partial charge in [0.05, 0.1) is 43.3 Å². The summed E-state index contributed by atoms with van der Waals surface area (Å²) in [6.07, 6.45) is 6.06. The monoisotopic (exact) mass is 806 g/mol. The second-order valence-electron chi connectivity index (χ2n) is 15.1. The standard InChI is InChI=1S/C36H36Cl6O8/c1-35(2)17-7-5-15(19(35)9-17)13-47-31(43)25-27(41)21(37)11-23(39)29(25)49-33(45)34(46)50-30-24(40)12-22(38)28(42)26(30)32(44)48-14-16-6-8-18-10-20(16)36(18,3)4/h11-12,15-20H,5-10,13-14H2,1-4H3. The number of carbonyl (C=O) groups is 4. The van der Waals surface area contributed by atoms with Crippen LogP contribution in [0.1, 0.15) is 86.9 Å². The van der Waals surface area contributed by atoms with E-state index in [0.717, 1.165) is 50.7 Å². The van der Waals surface area contributed by atoms with Gasteiger partial charge in [-0.2, -0.15) is 0 Å². The summed E-state index contributed by atoms with van der Waals surface area (Å²) < 4.78 is 21.8. The molecule has 8 rings (SSSR count). The summed E-state index contributed by atoms with van der Waals surface area (Å²) >= 11 is 37.9. The molecule has 0 saturated heterocycles. The van der Waals surface area contributed by atoms with Crippen LogP contribution >= 0.6 is 69.6 Å². The van der Waals surface area contributed by atoms with Crippen LogP contribution in [0.15, 0.2) is 12.1 Å². The van der Waals surface area contributed by atoms with Crippen molar-refractivity contribution in [3.8, 4) is 11.5 Å². The third-order valence-corrected chi connectivity index (χ3v) is 14.2. The molecular formula is C36H36Cl6O8. The number of hydrogen-bond donors (Lipinski definition) is 0. The van der Waals surface area contributed by atoms with E-state index in [2.05, 4.69) is 27.7 Å². The summed E-state index contributed by atoms with van der Waals surface area (Å²) in [4.78, 5) is 53.1. The first-order chi connectivity index (χ1) is 23.4. The molecule has 2 aromatic rings. The highest BCUT2D eigenvalue weighted by Gasteiger charge is 2.55.